The third-order valence-electron chi connectivity index (χ3n) is 2.84. The lowest BCUT2D eigenvalue weighted by Crippen LogP contribution is -2.53. The van der Waals surface area contributed by atoms with Gasteiger partial charge in [0.15, 0.2) is 0 Å². The molecule has 0 atom stereocenters. The molecule has 0 bridgehead atoms. The van der Waals surface area contributed by atoms with Gasteiger partial charge in [-0.1, -0.05) is 12.1 Å². The molecule has 5 nitrogen and oxygen atoms in total. The predicted octanol–water partition coefficient (Wildman–Crippen LogP) is -0.0161. The molecule has 1 aromatic rings. The highest BCUT2D eigenvalue weighted by atomic mass is 16.3. The molecule has 2 amide bonds. The van der Waals surface area contributed by atoms with Gasteiger partial charge in [0.2, 0.25) is 0 Å². The van der Waals surface area contributed by atoms with E-state index in [1.54, 1.807) is 31.3 Å². The van der Waals surface area contributed by atoms with Crippen molar-refractivity contribution in [3.63, 3.8) is 0 Å². The molecule has 1 aliphatic rings. The number of hydrogen-bond acceptors (Lipinski definition) is 3. The maximum atomic E-state index is 11.8. The number of aliphatic hydroxyl groups is 1. The first kappa shape index (κ1) is 11.6. The summed E-state index contributed by atoms with van der Waals surface area (Å²) in [5.41, 5.74) is 1.38. The molecule has 1 aliphatic heterocycles. The van der Waals surface area contributed by atoms with Crippen LogP contribution in [-0.2, 0) is 16.2 Å². The number of amides is 2. The van der Waals surface area contributed by atoms with Gasteiger partial charge in [0.05, 0.1) is 6.61 Å². The second-order valence-corrected chi connectivity index (χ2v) is 4.01. The quantitative estimate of drug-likeness (QED) is 0.732. The first-order valence-corrected chi connectivity index (χ1v) is 5.40. The van der Waals surface area contributed by atoms with Gasteiger partial charge in [0.25, 0.3) is 0 Å². The van der Waals surface area contributed by atoms with Crippen LogP contribution >= 0.6 is 0 Å². The van der Waals surface area contributed by atoms with Crippen molar-refractivity contribution >= 4 is 17.5 Å². The van der Waals surface area contributed by atoms with Crippen molar-refractivity contribution < 1.29 is 14.7 Å². The highest BCUT2D eigenvalue weighted by Gasteiger charge is 2.31. The highest BCUT2D eigenvalue weighted by molar-refractivity contribution is 6.40. The van der Waals surface area contributed by atoms with E-state index >= 15 is 0 Å². The number of likely N-dealkylation sites (N-methyl/N-ethyl adjacent to an activating group) is 1. The molecule has 0 spiro atoms. The van der Waals surface area contributed by atoms with Gasteiger partial charge in [-0.05, 0) is 17.7 Å². The number of piperazine rings is 1. The molecule has 1 aromatic carbocycles. The third-order valence-corrected chi connectivity index (χ3v) is 2.84. The van der Waals surface area contributed by atoms with E-state index in [0.717, 1.165) is 5.56 Å². The van der Waals surface area contributed by atoms with Gasteiger partial charge in [-0.15, -0.1) is 0 Å². The molecule has 90 valence electrons. The molecule has 0 radical (unpaired) electrons. The van der Waals surface area contributed by atoms with Crippen LogP contribution in [0.2, 0.25) is 0 Å². The number of nitrogens with zero attached hydrogens (tertiary/aromatic N) is 2. The maximum Gasteiger partial charge on any atom is 0.316 e. The summed E-state index contributed by atoms with van der Waals surface area (Å²) < 4.78 is 0. The van der Waals surface area contributed by atoms with E-state index in [1.165, 1.54) is 9.80 Å². The summed E-state index contributed by atoms with van der Waals surface area (Å²) in [6.45, 7) is 0.924. The van der Waals surface area contributed by atoms with Crippen LogP contribution in [0.4, 0.5) is 5.69 Å². The van der Waals surface area contributed by atoms with Crippen molar-refractivity contribution in [1.29, 1.82) is 0 Å². The van der Waals surface area contributed by atoms with Crippen LogP contribution in [0.3, 0.4) is 0 Å². The Kier molecular flexibility index (Phi) is 3.10. The second-order valence-electron chi connectivity index (χ2n) is 4.01. The van der Waals surface area contributed by atoms with Crippen LogP contribution in [0.1, 0.15) is 5.56 Å². The van der Waals surface area contributed by atoms with Crippen LogP contribution in [0.25, 0.3) is 0 Å². The van der Waals surface area contributed by atoms with Crippen molar-refractivity contribution in [2.24, 2.45) is 0 Å². The zero-order valence-corrected chi connectivity index (χ0v) is 9.59. The van der Waals surface area contributed by atoms with E-state index in [1.807, 2.05) is 0 Å². The minimum Gasteiger partial charge on any atom is -0.392 e. The summed E-state index contributed by atoms with van der Waals surface area (Å²) in [5.74, 6) is -1.01. The molecule has 2 rings (SSSR count). The van der Waals surface area contributed by atoms with E-state index in [4.69, 9.17) is 5.11 Å². The highest BCUT2D eigenvalue weighted by Crippen LogP contribution is 2.19. The summed E-state index contributed by atoms with van der Waals surface area (Å²) in [6.07, 6.45) is 0. The normalized spacial score (nSPS) is 16.6. The summed E-state index contributed by atoms with van der Waals surface area (Å²) >= 11 is 0. The number of carbonyl (C=O) groups excluding carboxylic acids is 2. The first-order chi connectivity index (χ1) is 8.13. The molecular weight excluding hydrogens is 220 g/mol. The third kappa shape index (κ3) is 2.14. The minimum atomic E-state index is -0.520. The lowest BCUT2D eigenvalue weighted by molar-refractivity contribution is -0.145. The van der Waals surface area contributed by atoms with E-state index in [-0.39, 0.29) is 6.61 Å². The Labute approximate surface area is 99.3 Å². The Morgan fingerprint density at radius 3 is 2.71 bits per heavy atom. The number of anilines is 1. The zero-order valence-electron chi connectivity index (χ0n) is 9.59. The zero-order chi connectivity index (χ0) is 12.4. The Balaban J connectivity index is 2.27. The number of carbonyl (C=O) groups is 2. The molecule has 1 heterocycles. The van der Waals surface area contributed by atoms with E-state index in [2.05, 4.69) is 0 Å². The molecule has 17 heavy (non-hydrogen) atoms. The monoisotopic (exact) mass is 234 g/mol. The van der Waals surface area contributed by atoms with Crippen molar-refractivity contribution in [2.75, 3.05) is 25.0 Å². The fraction of sp³-hybridized carbons (Fsp3) is 0.333. The SMILES string of the molecule is CN1CCN(c2cccc(CO)c2)C(=O)C1=O. The van der Waals surface area contributed by atoms with Gasteiger partial charge < -0.3 is 14.9 Å². The number of benzene rings is 1. The molecule has 0 aromatic heterocycles. The fourth-order valence-corrected chi connectivity index (χ4v) is 1.80. The Morgan fingerprint density at radius 1 is 1.24 bits per heavy atom. The average molecular weight is 234 g/mol. The molecule has 0 aliphatic carbocycles. The van der Waals surface area contributed by atoms with Gasteiger partial charge in [0.1, 0.15) is 0 Å². The molecule has 0 saturated carbocycles. The van der Waals surface area contributed by atoms with Crippen LogP contribution in [-0.4, -0.2) is 42.0 Å². The van der Waals surface area contributed by atoms with Crippen molar-refractivity contribution in [3.8, 4) is 0 Å². The number of rotatable bonds is 2. The topological polar surface area (TPSA) is 60.9 Å². The van der Waals surface area contributed by atoms with Crippen LogP contribution in [0.5, 0.6) is 0 Å². The largest absolute Gasteiger partial charge is 0.392 e. The van der Waals surface area contributed by atoms with E-state index in [0.29, 0.717) is 18.8 Å². The smallest absolute Gasteiger partial charge is 0.316 e. The second kappa shape index (κ2) is 4.55. The predicted molar refractivity (Wildman–Crippen MR) is 62.4 cm³/mol. The fourth-order valence-electron chi connectivity index (χ4n) is 1.80. The average Bonchev–Trinajstić information content (AvgIpc) is 2.36. The number of aliphatic hydroxyl groups excluding tert-OH is 1. The maximum absolute atomic E-state index is 11.8. The van der Waals surface area contributed by atoms with Gasteiger partial charge in [-0.3, -0.25) is 9.59 Å². The summed E-state index contributed by atoms with van der Waals surface area (Å²) in [4.78, 5) is 26.2. The van der Waals surface area contributed by atoms with Crippen molar-refractivity contribution in [1.82, 2.24) is 4.90 Å². The standard InChI is InChI=1S/C12H14N2O3/c1-13-5-6-14(12(17)11(13)16)10-4-2-3-9(7-10)8-15/h2-4,7,15H,5-6,8H2,1H3. The van der Waals surface area contributed by atoms with Crippen LogP contribution in [0, 0.1) is 0 Å². The molecule has 5 heteroatoms. The lowest BCUT2D eigenvalue weighted by atomic mass is 10.1. The molecular formula is C12H14N2O3. The van der Waals surface area contributed by atoms with E-state index < -0.39 is 11.8 Å². The van der Waals surface area contributed by atoms with Crippen LogP contribution in [0.15, 0.2) is 24.3 Å². The van der Waals surface area contributed by atoms with Gasteiger partial charge in [0, 0.05) is 25.8 Å². The first-order valence-electron chi connectivity index (χ1n) is 5.40. The lowest BCUT2D eigenvalue weighted by Gasteiger charge is -2.31. The Hall–Kier alpha value is -1.88. The summed E-state index contributed by atoms with van der Waals surface area (Å²) in [7, 11) is 1.61. The number of hydrogen-bond donors (Lipinski definition) is 1. The molecule has 0 unspecified atom stereocenters. The van der Waals surface area contributed by atoms with Gasteiger partial charge in [-0.2, -0.15) is 0 Å². The Morgan fingerprint density at radius 2 is 2.00 bits per heavy atom. The molecule has 1 fully saturated rings. The van der Waals surface area contributed by atoms with Gasteiger partial charge >= 0.3 is 11.8 Å². The summed E-state index contributed by atoms with van der Waals surface area (Å²) in [6, 6.07) is 7.01. The minimum absolute atomic E-state index is 0.0796. The van der Waals surface area contributed by atoms with E-state index in [9.17, 15) is 9.59 Å². The summed E-state index contributed by atoms with van der Waals surface area (Å²) in [5, 5.41) is 9.04. The Bertz CT molecular complexity index is 459. The van der Waals surface area contributed by atoms with Crippen molar-refractivity contribution in [2.45, 2.75) is 6.61 Å². The molecule has 1 saturated heterocycles. The molecule has 1 N–H and O–H groups in total. The van der Waals surface area contributed by atoms with Gasteiger partial charge in [-0.25, -0.2) is 0 Å². The van der Waals surface area contributed by atoms with Crippen LogP contribution < -0.4 is 4.90 Å². The van der Waals surface area contributed by atoms with Crippen molar-refractivity contribution in [3.05, 3.63) is 29.8 Å².